The molecule has 0 radical (unpaired) electrons. The molecule has 0 aromatic rings. The summed E-state index contributed by atoms with van der Waals surface area (Å²) in [5.74, 6) is -0.127. The molecular formula is C17H28O2. The van der Waals surface area contributed by atoms with Crippen LogP contribution in [0.15, 0.2) is 23.8 Å². The molecule has 108 valence electrons. The first-order valence-corrected chi connectivity index (χ1v) is 7.66. The molecule has 2 aliphatic carbocycles. The van der Waals surface area contributed by atoms with Crippen molar-refractivity contribution in [3.05, 3.63) is 23.8 Å². The minimum Gasteiger partial charge on any atom is -0.348 e. The van der Waals surface area contributed by atoms with Crippen molar-refractivity contribution in [2.24, 2.45) is 5.41 Å². The van der Waals surface area contributed by atoms with Crippen molar-refractivity contribution in [1.82, 2.24) is 0 Å². The van der Waals surface area contributed by atoms with E-state index in [9.17, 15) is 0 Å². The number of hydrogen-bond acceptors (Lipinski definition) is 2. The van der Waals surface area contributed by atoms with Gasteiger partial charge in [-0.1, -0.05) is 44.1 Å². The van der Waals surface area contributed by atoms with Crippen molar-refractivity contribution >= 4 is 0 Å². The predicted octanol–water partition coefficient (Wildman–Crippen LogP) is 4.61. The van der Waals surface area contributed by atoms with E-state index in [2.05, 4.69) is 39.0 Å². The standard InChI is InChI=1S/C9H14.C8H14O2/c1-8-6-4-5-7-9(8,2)3;1-2-4-8(5-3-1)9-6-7-10-8/h4-6H,7H2,1-3H3;1-7H2. The molecule has 0 amide bonds. The van der Waals surface area contributed by atoms with Crippen LogP contribution in [0.25, 0.3) is 0 Å². The number of allylic oxidation sites excluding steroid dienone is 4. The summed E-state index contributed by atoms with van der Waals surface area (Å²) >= 11 is 0. The minimum atomic E-state index is -0.127. The van der Waals surface area contributed by atoms with Crippen LogP contribution in [-0.4, -0.2) is 19.0 Å². The highest BCUT2D eigenvalue weighted by molar-refractivity contribution is 5.22. The van der Waals surface area contributed by atoms with Crippen LogP contribution in [0.2, 0.25) is 0 Å². The summed E-state index contributed by atoms with van der Waals surface area (Å²) in [6.45, 7) is 8.37. The van der Waals surface area contributed by atoms with E-state index >= 15 is 0 Å². The smallest absolute Gasteiger partial charge is 0.168 e. The van der Waals surface area contributed by atoms with E-state index in [1.165, 1.54) is 31.3 Å². The third-order valence-corrected chi connectivity index (χ3v) is 4.61. The molecule has 2 nitrogen and oxygen atoms in total. The SMILES string of the molecule is C1CCC2(CC1)OCCO2.CC1=CC=CCC1(C)C. The maximum absolute atomic E-state index is 5.56. The quantitative estimate of drug-likeness (QED) is 0.636. The van der Waals surface area contributed by atoms with E-state index in [1.54, 1.807) is 0 Å². The van der Waals surface area contributed by atoms with Crippen LogP contribution >= 0.6 is 0 Å². The van der Waals surface area contributed by atoms with E-state index in [4.69, 9.17) is 9.47 Å². The molecule has 19 heavy (non-hydrogen) atoms. The highest BCUT2D eigenvalue weighted by Crippen LogP contribution is 2.35. The maximum Gasteiger partial charge on any atom is 0.168 e. The third-order valence-electron chi connectivity index (χ3n) is 4.61. The van der Waals surface area contributed by atoms with E-state index in [0.717, 1.165) is 26.1 Å². The van der Waals surface area contributed by atoms with Crippen molar-refractivity contribution in [2.45, 2.75) is 65.1 Å². The van der Waals surface area contributed by atoms with Crippen LogP contribution < -0.4 is 0 Å². The predicted molar refractivity (Wildman–Crippen MR) is 79.0 cm³/mol. The Morgan fingerprint density at radius 2 is 1.63 bits per heavy atom. The third kappa shape index (κ3) is 3.93. The summed E-state index contributed by atoms with van der Waals surface area (Å²) < 4.78 is 11.1. The van der Waals surface area contributed by atoms with E-state index in [-0.39, 0.29) is 5.79 Å². The molecule has 2 heteroatoms. The number of ether oxygens (including phenoxy) is 2. The lowest BCUT2D eigenvalue weighted by Crippen LogP contribution is -2.32. The molecule has 3 rings (SSSR count). The van der Waals surface area contributed by atoms with Gasteiger partial charge in [0.05, 0.1) is 13.2 Å². The Kier molecular flexibility index (Phi) is 4.86. The Labute approximate surface area is 117 Å². The summed E-state index contributed by atoms with van der Waals surface area (Å²) in [6, 6.07) is 0. The van der Waals surface area contributed by atoms with Crippen LogP contribution in [0.4, 0.5) is 0 Å². The van der Waals surface area contributed by atoms with E-state index in [1.807, 2.05) is 0 Å². The van der Waals surface area contributed by atoms with Crippen LogP contribution in [0.5, 0.6) is 0 Å². The Hall–Kier alpha value is -0.600. The first-order valence-electron chi connectivity index (χ1n) is 7.66. The van der Waals surface area contributed by atoms with Gasteiger partial charge in [0.1, 0.15) is 0 Å². The van der Waals surface area contributed by atoms with Gasteiger partial charge in [-0.05, 0) is 31.6 Å². The number of rotatable bonds is 0. The topological polar surface area (TPSA) is 18.5 Å². The van der Waals surface area contributed by atoms with Crippen LogP contribution in [-0.2, 0) is 9.47 Å². The summed E-state index contributed by atoms with van der Waals surface area (Å²) in [6.07, 6.45) is 13.9. The second-order valence-electron chi connectivity index (χ2n) is 6.53. The average Bonchev–Trinajstić information content (AvgIpc) is 2.83. The van der Waals surface area contributed by atoms with E-state index < -0.39 is 0 Å². The molecule has 2 fully saturated rings. The first-order chi connectivity index (χ1) is 9.04. The lowest BCUT2D eigenvalue weighted by Gasteiger charge is -2.30. The summed E-state index contributed by atoms with van der Waals surface area (Å²) in [7, 11) is 0. The molecule has 0 N–H and O–H groups in total. The lowest BCUT2D eigenvalue weighted by atomic mass is 9.79. The number of hydrogen-bond donors (Lipinski definition) is 0. The fraction of sp³-hybridized carbons (Fsp3) is 0.765. The van der Waals surface area contributed by atoms with Crippen molar-refractivity contribution < 1.29 is 9.47 Å². The second-order valence-corrected chi connectivity index (χ2v) is 6.53. The molecule has 1 spiro atoms. The summed E-state index contributed by atoms with van der Waals surface area (Å²) in [5.41, 5.74) is 1.90. The Balaban J connectivity index is 0.000000141. The molecule has 1 saturated heterocycles. The van der Waals surface area contributed by atoms with Gasteiger partial charge < -0.3 is 9.47 Å². The normalized spacial score (nSPS) is 27.6. The summed E-state index contributed by atoms with van der Waals surface area (Å²) in [4.78, 5) is 0. The van der Waals surface area contributed by atoms with Gasteiger partial charge in [0.15, 0.2) is 5.79 Å². The van der Waals surface area contributed by atoms with Crippen molar-refractivity contribution in [3.8, 4) is 0 Å². The monoisotopic (exact) mass is 264 g/mol. The van der Waals surface area contributed by atoms with Crippen LogP contribution in [0, 0.1) is 5.41 Å². The Bertz CT molecular complexity index is 338. The van der Waals surface area contributed by atoms with Gasteiger partial charge in [-0.3, -0.25) is 0 Å². The molecule has 0 atom stereocenters. The van der Waals surface area contributed by atoms with Gasteiger partial charge in [-0.25, -0.2) is 0 Å². The first kappa shape index (κ1) is 14.8. The molecule has 1 aliphatic heterocycles. The van der Waals surface area contributed by atoms with E-state index in [0.29, 0.717) is 5.41 Å². The molecule has 1 saturated carbocycles. The zero-order valence-electron chi connectivity index (χ0n) is 12.7. The minimum absolute atomic E-state index is 0.127. The molecule has 0 aromatic carbocycles. The molecule has 0 bridgehead atoms. The van der Waals surface area contributed by atoms with Gasteiger partial charge >= 0.3 is 0 Å². The van der Waals surface area contributed by atoms with Gasteiger partial charge in [-0.15, -0.1) is 0 Å². The summed E-state index contributed by atoms with van der Waals surface area (Å²) in [5, 5.41) is 0. The molecule has 3 aliphatic rings. The van der Waals surface area contributed by atoms with Crippen LogP contribution in [0.1, 0.15) is 59.3 Å². The highest BCUT2D eigenvalue weighted by Gasteiger charge is 2.37. The van der Waals surface area contributed by atoms with Crippen molar-refractivity contribution in [1.29, 1.82) is 0 Å². The highest BCUT2D eigenvalue weighted by atomic mass is 16.7. The fourth-order valence-corrected chi connectivity index (χ4v) is 2.84. The van der Waals surface area contributed by atoms with Gasteiger partial charge in [0.2, 0.25) is 0 Å². The second kappa shape index (κ2) is 6.23. The Morgan fingerprint density at radius 3 is 2.11 bits per heavy atom. The van der Waals surface area contributed by atoms with Crippen LogP contribution in [0.3, 0.4) is 0 Å². The zero-order valence-corrected chi connectivity index (χ0v) is 12.7. The van der Waals surface area contributed by atoms with Gasteiger partial charge in [-0.2, -0.15) is 0 Å². The fourth-order valence-electron chi connectivity index (χ4n) is 2.84. The van der Waals surface area contributed by atoms with Crippen molar-refractivity contribution in [2.75, 3.05) is 13.2 Å². The molecule has 1 heterocycles. The van der Waals surface area contributed by atoms with Crippen molar-refractivity contribution in [3.63, 3.8) is 0 Å². The maximum atomic E-state index is 5.56. The Morgan fingerprint density at radius 1 is 1.00 bits per heavy atom. The molecular weight excluding hydrogens is 236 g/mol. The van der Waals surface area contributed by atoms with Gasteiger partial charge in [0, 0.05) is 12.8 Å². The van der Waals surface area contributed by atoms with Gasteiger partial charge in [0.25, 0.3) is 0 Å². The zero-order chi connectivity index (χ0) is 13.8. The average molecular weight is 264 g/mol. The largest absolute Gasteiger partial charge is 0.348 e. The lowest BCUT2D eigenvalue weighted by molar-refractivity contribution is -0.176. The molecule has 0 unspecified atom stereocenters. The molecule has 0 aromatic heterocycles.